The molecule has 1 heterocycles. The third-order valence-corrected chi connectivity index (χ3v) is 4.88. The number of benzene rings is 2. The van der Waals surface area contributed by atoms with Crippen LogP contribution in [0.15, 0.2) is 48.5 Å². The van der Waals surface area contributed by atoms with Crippen LogP contribution in [0.5, 0.6) is 11.5 Å². The molecule has 1 aliphatic heterocycles. The molecule has 0 saturated carbocycles. The van der Waals surface area contributed by atoms with Crippen LogP contribution >= 0.6 is 24.8 Å². The fraction of sp³-hybridized carbons (Fsp3) is 0.455. The Morgan fingerprint density at radius 3 is 2.39 bits per heavy atom. The average Bonchev–Trinajstić information content (AvgIpc) is 2.75. The van der Waals surface area contributed by atoms with E-state index in [1.807, 2.05) is 35.2 Å². The molecule has 1 aliphatic rings. The zero-order valence-corrected chi connectivity index (χ0v) is 19.2. The number of methoxy groups -OCH3 is 1. The van der Waals surface area contributed by atoms with Crippen LogP contribution in [0.1, 0.15) is 0 Å². The molecule has 1 atom stereocenters. The van der Waals surface area contributed by atoms with Crippen molar-refractivity contribution >= 4 is 30.5 Å². The quantitative estimate of drug-likeness (QED) is 0.531. The number of para-hydroxylation sites is 1. The summed E-state index contributed by atoms with van der Waals surface area (Å²) in [6, 6.07) is 14.2. The zero-order chi connectivity index (χ0) is 20.5. The highest BCUT2D eigenvalue weighted by molar-refractivity contribution is 5.85. The van der Waals surface area contributed by atoms with E-state index in [9.17, 15) is 9.50 Å². The molecule has 1 saturated heterocycles. The summed E-state index contributed by atoms with van der Waals surface area (Å²) in [7, 11) is 1.61. The van der Waals surface area contributed by atoms with E-state index in [4.69, 9.17) is 14.2 Å². The summed E-state index contributed by atoms with van der Waals surface area (Å²) in [5, 5.41) is 10.2. The summed E-state index contributed by atoms with van der Waals surface area (Å²) in [6.07, 6.45) is -0.563. The molecule has 174 valence electrons. The third-order valence-electron chi connectivity index (χ3n) is 4.88. The van der Waals surface area contributed by atoms with Crippen LogP contribution in [0.3, 0.4) is 0 Å². The van der Waals surface area contributed by atoms with Gasteiger partial charge in [0.25, 0.3) is 0 Å². The van der Waals surface area contributed by atoms with E-state index < -0.39 is 6.10 Å². The second-order valence-corrected chi connectivity index (χ2v) is 7.00. The van der Waals surface area contributed by atoms with Crippen LogP contribution in [0.4, 0.5) is 10.1 Å². The van der Waals surface area contributed by atoms with Crippen molar-refractivity contribution in [1.82, 2.24) is 4.90 Å². The Balaban J connectivity index is 0.00000240. The molecule has 0 bridgehead atoms. The summed E-state index contributed by atoms with van der Waals surface area (Å²) in [6.45, 7) is 4.65. The van der Waals surface area contributed by atoms with E-state index in [0.29, 0.717) is 25.4 Å². The van der Waals surface area contributed by atoms with Crippen molar-refractivity contribution in [3.05, 3.63) is 54.3 Å². The lowest BCUT2D eigenvalue weighted by atomic mass is 10.2. The molecule has 3 rings (SSSR count). The molecule has 2 aromatic rings. The molecule has 31 heavy (non-hydrogen) atoms. The van der Waals surface area contributed by atoms with Crippen LogP contribution < -0.4 is 14.4 Å². The fourth-order valence-corrected chi connectivity index (χ4v) is 3.36. The number of aliphatic hydroxyl groups is 1. The maximum atomic E-state index is 13.9. The van der Waals surface area contributed by atoms with Crippen LogP contribution in [0.25, 0.3) is 0 Å². The first-order chi connectivity index (χ1) is 14.2. The van der Waals surface area contributed by atoms with Gasteiger partial charge in [-0.2, -0.15) is 0 Å². The highest BCUT2D eigenvalue weighted by Gasteiger charge is 2.21. The molecule has 9 heteroatoms. The molecule has 0 aromatic heterocycles. The lowest BCUT2D eigenvalue weighted by Gasteiger charge is -2.36. The molecular formula is C22H31Cl2FN2O4. The van der Waals surface area contributed by atoms with Crippen LogP contribution in [0.2, 0.25) is 0 Å². The van der Waals surface area contributed by atoms with Gasteiger partial charge in [-0.15, -0.1) is 24.8 Å². The summed E-state index contributed by atoms with van der Waals surface area (Å²) in [5.74, 6) is 1.28. The van der Waals surface area contributed by atoms with Gasteiger partial charge in [-0.25, -0.2) is 4.39 Å². The van der Waals surface area contributed by atoms with E-state index >= 15 is 0 Å². The summed E-state index contributed by atoms with van der Waals surface area (Å²) < 4.78 is 30.2. The van der Waals surface area contributed by atoms with E-state index in [2.05, 4.69) is 4.90 Å². The molecule has 1 N–H and O–H groups in total. The van der Waals surface area contributed by atoms with Gasteiger partial charge in [-0.05, 0) is 24.3 Å². The number of hydrogen-bond donors (Lipinski definition) is 1. The highest BCUT2D eigenvalue weighted by atomic mass is 35.5. The monoisotopic (exact) mass is 476 g/mol. The topological polar surface area (TPSA) is 54.4 Å². The van der Waals surface area contributed by atoms with E-state index in [-0.39, 0.29) is 37.2 Å². The van der Waals surface area contributed by atoms with Crippen LogP contribution in [-0.2, 0) is 4.74 Å². The van der Waals surface area contributed by atoms with Gasteiger partial charge >= 0.3 is 0 Å². The normalized spacial score (nSPS) is 14.9. The van der Waals surface area contributed by atoms with Crippen LogP contribution in [0, 0.1) is 5.82 Å². The first-order valence-corrected chi connectivity index (χ1v) is 9.90. The van der Waals surface area contributed by atoms with Crippen molar-refractivity contribution < 1.29 is 23.7 Å². The fourth-order valence-electron chi connectivity index (χ4n) is 3.36. The average molecular weight is 477 g/mol. The van der Waals surface area contributed by atoms with Gasteiger partial charge in [0.15, 0.2) is 0 Å². The van der Waals surface area contributed by atoms with Crippen molar-refractivity contribution in [2.24, 2.45) is 0 Å². The number of piperazine rings is 1. The number of halogens is 3. The molecular weight excluding hydrogens is 446 g/mol. The lowest BCUT2D eigenvalue weighted by Crippen LogP contribution is -2.49. The van der Waals surface area contributed by atoms with Gasteiger partial charge in [0.1, 0.15) is 23.9 Å². The van der Waals surface area contributed by atoms with E-state index in [1.165, 1.54) is 6.07 Å². The minimum atomic E-state index is -0.563. The van der Waals surface area contributed by atoms with Crippen molar-refractivity contribution in [1.29, 1.82) is 0 Å². The molecule has 0 aliphatic carbocycles. The number of anilines is 1. The Morgan fingerprint density at radius 1 is 0.968 bits per heavy atom. The predicted molar refractivity (Wildman–Crippen MR) is 125 cm³/mol. The minimum absolute atomic E-state index is 0. The Bertz CT molecular complexity index is 764. The Hall–Kier alpha value is -1.77. The van der Waals surface area contributed by atoms with Crippen molar-refractivity contribution in [2.45, 2.75) is 6.10 Å². The SMILES string of the molecule is COc1cccc(OCCOCC(O)CN2CCN(c3ccccc3F)CC2)c1.Cl.Cl. The molecule has 1 fully saturated rings. The lowest BCUT2D eigenvalue weighted by molar-refractivity contribution is 0.00715. The smallest absolute Gasteiger partial charge is 0.146 e. The summed E-state index contributed by atoms with van der Waals surface area (Å²) in [4.78, 5) is 4.22. The van der Waals surface area contributed by atoms with Crippen LogP contribution in [-0.4, -0.2) is 75.8 Å². The van der Waals surface area contributed by atoms with E-state index in [0.717, 1.165) is 37.7 Å². The molecule has 0 radical (unpaired) electrons. The van der Waals surface area contributed by atoms with Gasteiger partial charge in [0.2, 0.25) is 0 Å². The van der Waals surface area contributed by atoms with Gasteiger partial charge in [0.05, 0.1) is 32.1 Å². The Labute approximate surface area is 195 Å². The largest absolute Gasteiger partial charge is 0.497 e. The first kappa shape index (κ1) is 27.3. The number of nitrogens with zero attached hydrogens (tertiary/aromatic N) is 2. The predicted octanol–water partition coefficient (Wildman–Crippen LogP) is 3.26. The summed E-state index contributed by atoms with van der Waals surface area (Å²) >= 11 is 0. The first-order valence-electron chi connectivity index (χ1n) is 9.90. The molecule has 0 amide bonds. The Morgan fingerprint density at radius 2 is 1.68 bits per heavy atom. The number of hydrogen-bond acceptors (Lipinski definition) is 6. The number of ether oxygens (including phenoxy) is 3. The number of aliphatic hydroxyl groups excluding tert-OH is 1. The zero-order valence-electron chi connectivity index (χ0n) is 17.6. The van der Waals surface area contributed by atoms with E-state index in [1.54, 1.807) is 19.2 Å². The number of β-amino-alcohol motifs (C(OH)–C–C–N with tert-alkyl or cyclic N) is 1. The second kappa shape index (κ2) is 14.3. The van der Waals surface area contributed by atoms with Gasteiger partial charge in [0, 0.05) is 38.8 Å². The van der Waals surface area contributed by atoms with Crippen molar-refractivity contribution in [3.8, 4) is 11.5 Å². The van der Waals surface area contributed by atoms with Crippen molar-refractivity contribution in [3.63, 3.8) is 0 Å². The molecule has 0 spiro atoms. The van der Waals surface area contributed by atoms with Gasteiger partial charge in [-0.1, -0.05) is 18.2 Å². The maximum absolute atomic E-state index is 13.9. The number of rotatable bonds is 10. The molecule has 6 nitrogen and oxygen atoms in total. The van der Waals surface area contributed by atoms with Crippen molar-refractivity contribution in [2.75, 3.05) is 64.6 Å². The molecule has 1 unspecified atom stereocenters. The van der Waals surface area contributed by atoms with Gasteiger partial charge < -0.3 is 24.2 Å². The minimum Gasteiger partial charge on any atom is -0.497 e. The molecule has 2 aromatic carbocycles. The summed E-state index contributed by atoms with van der Waals surface area (Å²) in [5.41, 5.74) is 0.645. The highest BCUT2D eigenvalue weighted by Crippen LogP contribution is 2.20. The maximum Gasteiger partial charge on any atom is 0.146 e. The Kier molecular flexibility index (Phi) is 12.6. The van der Waals surface area contributed by atoms with Gasteiger partial charge in [-0.3, -0.25) is 4.90 Å². The third kappa shape index (κ3) is 8.71. The second-order valence-electron chi connectivity index (χ2n) is 7.00. The standard InChI is InChI=1S/C22H29FN2O4.2ClH/c1-27-19-5-4-6-20(15-19)29-14-13-28-17-18(26)16-24-9-11-25(12-10-24)22-8-3-2-7-21(22)23;;/h2-8,15,18,26H,9-14,16-17H2,1H3;2*1H.